The third-order valence-corrected chi connectivity index (χ3v) is 6.13. The Hall–Kier alpha value is -1.18. The van der Waals surface area contributed by atoms with Gasteiger partial charge < -0.3 is 0 Å². The highest BCUT2D eigenvalue weighted by molar-refractivity contribution is 8.00. The van der Waals surface area contributed by atoms with Gasteiger partial charge in [0.15, 0.2) is 0 Å². The first-order valence-corrected chi connectivity index (χ1v) is 10.2. The summed E-state index contributed by atoms with van der Waals surface area (Å²) in [6.45, 7) is 2.14. The SMILES string of the molecule is CCc1ccc(S[C@H]2C=CC=C(CCC3=CCCC=C3)C2)cc1Cl. The molecular weight excluding hydrogens is 332 g/mol. The van der Waals surface area contributed by atoms with E-state index in [1.54, 1.807) is 5.57 Å². The van der Waals surface area contributed by atoms with Gasteiger partial charge in [-0.15, -0.1) is 11.8 Å². The number of rotatable bonds is 6. The molecule has 0 heterocycles. The van der Waals surface area contributed by atoms with Crippen molar-refractivity contribution in [1.29, 1.82) is 0 Å². The average Bonchev–Trinajstić information content (AvgIpc) is 2.61. The van der Waals surface area contributed by atoms with Crippen molar-refractivity contribution < 1.29 is 0 Å². The van der Waals surface area contributed by atoms with Gasteiger partial charge in [-0.3, -0.25) is 0 Å². The minimum atomic E-state index is 0.518. The van der Waals surface area contributed by atoms with E-state index in [-0.39, 0.29) is 0 Å². The Morgan fingerprint density at radius 2 is 2.12 bits per heavy atom. The quantitative estimate of drug-likeness (QED) is 0.515. The Balaban J connectivity index is 1.54. The van der Waals surface area contributed by atoms with Crippen LogP contribution in [-0.2, 0) is 6.42 Å². The molecular formula is C22H25ClS. The molecule has 2 heteroatoms. The molecule has 2 aliphatic carbocycles. The molecule has 0 aromatic heterocycles. The smallest absolute Gasteiger partial charge is 0.0449 e. The maximum absolute atomic E-state index is 6.36. The van der Waals surface area contributed by atoms with Crippen LogP contribution in [-0.4, -0.2) is 5.25 Å². The molecule has 0 saturated carbocycles. The monoisotopic (exact) mass is 356 g/mol. The predicted octanol–water partition coefficient (Wildman–Crippen LogP) is 7.31. The first-order valence-electron chi connectivity index (χ1n) is 8.91. The van der Waals surface area contributed by atoms with E-state index in [1.807, 2.05) is 11.8 Å². The molecule has 126 valence electrons. The van der Waals surface area contributed by atoms with E-state index in [0.29, 0.717) is 5.25 Å². The third kappa shape index (κ3) is 4.91. The number of thioether (sulfide) groups is 1. The molecule has 0 N–H and O–H groups in total. The molecule has 0 radical (unpaired) electrons. The van der Waals surface area contributed by atoms with Gasteiger partial charge in [-0.05, 0) is 56.2 Å². The van der Waals surface area contributed by atoms with Gasteiger partial charge in [-0.2, -0.15) is 0 Å². The lowest BCUT2D eigenvalue weighted by Gasteiger charge is -2.19. The lowest BCUT2D eigenvalue weighted by molar-refractivity contribution is 0.839. The van der Waals surface area contributed by atoms with E-state index < -0.39 is 0 Å². The van der Waals surface area contributed by atoms with Crippen LogP contribution in [0.2, 0.25) is 5.02 Å². The van der Waals surface area contributed by atoms with Crippen LogP contribution < -0.4 is 0 Å². The molecule has 0 fully saturated rings. The lowest BCUT2D eigenvalue weighted by Crippen LogP contribution is -2.04. The molecule has 3 rings (SSSR count). The van der Waals surface area contributed by atoms with E-state index in [9.17, 15) is 0 Å². The first kappa shape index (κ1) is 17.6. The van der Waals surface area contributed by atoms with E-state index in [2.05, 4.69) is 61.6 Å². The maximum Gasteiger partial charge on any atom is 0.0449 e. The minimum Gasteiger partial charge on any atom is -0.118 e. The Morgan fingerprint density at radius 1 is 1.21 bits per heavy atom. The van der Waals surface area contributed by atoms with Crippen LogP contribution in [0, 0.1) is 0 Å². The second-order valence-corrected chi connectivity index (χ2v) is 8.16. The van der Waals surface area contributed by atoms with E-state index >= 15 is 0 Å². The van der Waals surface area contributed by atoms with Gasteiger partial charge in [0.2, 0.25) is 0 Å². The van der Waals surface area contributed by atoms with Crippen molar-refractivity contribution in [2.75, 3.05) is 0 Å². The summed E-state index contributed by atoms with van der Waals surface area (Å²) in [5.41, 5.74) is 4.29. The lowest BCUT2D eigenvalue weighted by atomic mass is 9.95. The number of hydrogen-bond acceptors (Lipinski definition) is 1. The van der Waals surface area contributed by atoms with Gasteiger partial charge in [0.1, 0.15) is 0 Å². The normalized spacial score (nSPS) is 20.0. The van der Waals surface area contributed by atoms with E-state index in [1.165, 1.54) is 41.7 Å². The summed E-state index contributed by atoms with van der Waals surface area (Å²) in [5.74, 6) is 0. The first-order chi connectivity index (χ1) is 11.7. The molecule has 1 aromatic carbocycles. The predicted molar refractivity (Wildman–Crippen MR) is 108 cm³/mol. The van der Waals surface area contributed by atoms with Gasteiger partial charge in [0, 0.05) is 15.2 Å². The number of aryl methyl sites for hydroxylation is 1. The van der Waals surface area contributed by atoms with Gasteiger partial charge in [-0.25, -0.2) is 0 Å². The van der Waals surface area contributed by atoms with Crippen LogP contribution >= 0.6 is 23.4 Å². The van der Waals surface area contributed by atoms with Gasteiger partial charge >= 0.3 is 0 Å². The second-order valence-electron chi connectivity index (χ2n) is 6.44. The van der Waals surface area contributed by atoms with Gasteiger partial charge in [0.05, 0.1) is 0 Å². The summed E-state index contributed by atoms with van der Waals surface area (Å²) < 4.78 is 0. The zero-order chi connectivity index (χ0) is 16.8. The van der Waals surface area contributed by atoms with Crippen LogP contribution in [0.4, 0.5) is 0 Å². The van der Waals surface area contributed by atoms with E-state index in [4.69, 9.17) is 11.6 Å². The number of allylic oxidation sites excluding steroid dienone is 7. The molecule has 0 unspecified atom stereocenters. The highest BCUT2D eigenvalue weighted by atomic mass is 35.5. The fourth-order valence-corrected chi connectivity index (χ4v) is 4.72. The van der Waals surface area contributed by atoms with Gasteiger partial charge in [0.25, 0.3) is 0 Å². The molecule has 0 nitrogen and oxygen atoms in total. The molecule has 0 amide bonds. The fraction of sp³-hybridized carbons (Fsp3) is 0.364. The second kappa shape index (κ2) is 8.78. The van der Waals surface area contributed by atoms with Crippen LogP contribution in [0.15, 0.2) is 70.7 Å². The van der Waals surface area contributed by atoms with Crippen molar-refractivity contribution in [3.8, 4) is 0 Å². The van der Waals surface area contributed by atoms with Crippen molar-refractivity contribution in [2.45, 2.75) is 55.6 Å². The highest BCUT2D eigenvalue weighted by Crippen LogP contribution is 2.34. The Bertz CT molecular complexity index is 694. The van der Waals surface area contributed by atoms with Crippen LogP contribution in [0.3, 0.4) is 0 Å². The molecule has 0 spiro atoms. The fourth-order valence-electron chi connectivity index (χ4n) is 3.20. The summed E-state index contributed by atoms with van der Waals surface area (Å²) in [7, 11) is 0. The highest BCUT2D eigenvalue weighted by Gasteiger charge is 2.14. The van der Waals surface area contributed by atoms with Crippen LogP contribution in [0.1, 0.15) is 44.6 Å². The standard InChI is InChI=1S/C22H25ClS/c1-2-19-13-14-21(16-22(19)23)24-20-10-6-9-18(15-20)12-11-17-7-4-3-5-8-17/h4,6-10,13-14,16,20H,2-3,5,11-12,15H2,1H3/t20-/m0/s1. The molecule has 0 bridgehead atoms. The summed E-state index contributed by atoms with van der Waals surface area (Å²) in [5, 5.41) is 1.42. The van der Waals surface area contributed by atoms with Crippen LogP contribution in [0.25, 0.3) is 0 Å². The van der Waals surface area contributed by atoms with Crippen molar-refractivity contribution in [2.24, 2.45) is 0 Å². The average molecular weight is 357 g/mol. The molecule has 1 atom stereocenters. The Morgan fingerprint density at radius 3 is 2.88 bits per heavy atom. The number of halogens is 1. The summed E-state index contributed by atoms with van der Waals surface area (Å²) >= 11 is 8.28. The Kier molecular flexibility index (Phi) is 6.45. The summed E-state index contributed by atoms with van der Waals surface area (Å²) in [4.78, 5) is 1.27. The maximum atomic E-state index is 6.36. The zero-order valence-electron chi connectivity index (χ0n) is 14.3. The minimum absolute atomic E-state index is 0.518. The van der Waals surface area contributed by atoms with Crippen LogP contribution in [0.5, 0.6) is 0 Å². The zero-order valence-corrected chi connectivity index (χ0v) is 15.9. The Labute approximate surface area is 155 Å². The van der Waals surface area contributed by atoms with Gasteiger partial charge in [-0.1, -0.05) is 72.2 Å². The molecule has 1 aromatic rings. The third-order valence-electron chi connectivity index (χ3n) is 4.62. The van der Waals surface area contributed by atoms with Crippen molar-refractivity contribution >= 4 is 23.4 Å². The topological polar surface area (TPSA) is 0 Å². The number of hydrogen-bond donors (Lipinski definition) is 0. The van der Waals surface area contributed by atoms with Crippen molar-refractivity contribution in [1.82, 2.24) is 0 Å². The molecule has 0 aliphatic heterocycles. The van der Waals surface area contributed by atoms with E-state index in [0.717, 1.165) is 17.9 Å². The number of benzene rings is 1. The van der Waals surface area contributed by atoms with Crippen molar-refractivity contribution in [3.05, 3.63) is 76.4 Å². The largest absolute Gasteiger partial charge is 0.118 e. The molecule has 24 heavy (non-hydrogen) atoms. The summed E-state index contributed by atoms with van der Waals surface area (Å²) in [6.07, 6.45) is 20.7. The summed E-state index contributed by atoms with van der Waals surface area (Å²) in [6, 6.07) is 6.49. The molecule has 2 aliphatic rings. The molecule has 0 saturated heterocycles. The van der Waals surface area contributed by atoms with Crippen molar-refractivity contribution in [3.63, 3.8) is 0 Å².